The first-order valence-electron chi connectivity index (χ1n) is 11.0. The van der Waals surface area contributed by atoms with E-state index in [9.17, 15) is 4.79 Å². The summed E-state index contributed by atoms with van der Waals surface area (Å²) in [6.45, 7) is 0.934. The van der Waals surface area contributed by atoms with Crippen LogP contribution in [0, 0.1) is 11.8 Å². The van der Waals surface area contributed by atoms with Crippen molar-refractivity contribution in [1.29, 1.82) is 0 Å². The van der Waals surface area contributed by atoms with Crippen LogP contribution in [0.15, 0.2) is 48.5 Å². The summed E-state index contributed by atoms with van der Waals surface area (Å²) in [5.74, 6) is 5.55. The molecule has 0 spiro atoms. The van der Waals surface area contributed by atoms with E-state index in [0.29, 0.717) is 5.56 Å². The van der Waals surface area contributed by atoms with E-state index in [2.05, 4.69) is 17.2 Å². The average molecular weight is 450 g/mol. The van der Waals surface area contributed by atoms with Crippen LogP contribution in [0.4, 0.5) is 5.69 Å². The van der Waals surface area contributed by atoms with E-state index in [4.69, 9.17) is 16.7 Å². The molecule has 3 nitrogen and oxygen atoms in total. The summed E-state index contributed by atoms with van der Waals surface area (Å²) >= 11 is 5.87. The summed E-state index contributed by atoms with van der Waals surface area (Å²) in [7, 11) is 0. The zero-order valence-electron chi connectivity index (χ0n) is 17.6. The Kier molecular flexibility index (Phi) is 15.3. The van der Waals surface area contributed by atoms with Gasteiger partial charge in [0.2, 0.25) is 0 Å². The molecule has 0 unspecified atom stereocenters. The number of hydrogen-bond donors (Lipinski definition) is 2. The van der Waals surface area contributed by atoms with Gasteiger partial charge < -0.3 is 10.4 Å². The molecule has 0 radical (unpaired) electrons. The monoisotopic (exact) mass is 449 g/mol. The zero-order chi connectivity index (χ0) is 21.4. The molecule has 0 aromatic heterocycles. The second-order valence-electron chi connectivity index (χ2n) is 7.55. The number of carbonyl (C=O) groups is 1. The molecule has 2 N–H and O–H groups in total. The fourth-order valence-corrected chi connectivity index (χ4v) is 3.36. The third-order valence-corrected chi connectivity index (χ3v) is 5.27. The maximum absolute atomic E-state index is 10.8. The first-order chi connectivity index (χ1) is 14.6. The topological polar surface area (TPSA) is 49.3 Å². The van der Waals surface area contributed by atoms with Crippen molar-refractivity contribution in [1.82, 2.24) is 0 Å². The maximum atomic E-state index is 10.8. The van der Waals surface area contributed by atoms with Crippen molar-refractivity contribution in [2.75, 3.05) is 11.9 Å². The number of anilines is 1. The first kappa shape index (κ1) is 27.6. The molecule has 0 saturated heterocycles. The number of nitrogens with one attached hydrogen (secondary N) is 1. The van der Waals surface area contributed by atoms with Gasteiger partial charge in [0, 0.05) is 29.2 Å². The SMILES string of the molecule is O=C(O)c1ccc(NCCCCCCCCCCCC#Cc2ccc(Cl)cc2)cc1.[NaH]. The Morgan fingerprint density at radius 1 is 0.806 bits per heavy atom. The zero-order valence-corrected chi connectivity index (χ0v) is 18.4. The van der Waals surface area contributed by atoms with Gasteiger partial charge in [-0.3, -0.25) is 0 Å². The van der Waals surface area contributed by atoms with Crippen LogP contribution in [0.1, 0.15) is 80.1 Å². The molecule has 5 heteroatoms. The van der Waals surface area contributed by atoms with Gasteiger partial charge in [-0.05, 0) is 61.4 Å². The molecule has 0 saturated carbocycles. The van der Waals surface area contributed by atoms with Crippen molar-refractivity contribution in [3.8, 4) is 11.8 Å². The second kappa shape index (κ2) is 17.2. The third kappa shape index (κ3) is 12.9. The van der Waals surface area contributed by atoms with Crippen LogP contribution >= 0.6 is 11.6 Å². The quantitative estimate of drug-likeness (QED) is 0.202. The van der Waals surface area contributed by atoms with E-state index < -0.39 is 5.97 Å². The number of rotatable bonds is 13. The van der Waals surface area contributed by atoms with Crippen molar-refractivity contribution in [2.45, 2.75) is 64.2 Å². The Hall–Kier alpha value is -1.44. The number of aromatic carboxylic acids is 1. The molecule has 2 aromatic carbocycles. The third-order valence-electron chi connectivity index (χ3n) is 5.02. The summed E-state index contributed by atoms with van der Waals surface area (Å²) in [6.07, 6.45) is 12.3. The van der Waals surface area contributed by atoms with E-state index >= 15 is 0 Å². The molecule has 0 fully saturated rings. The molecule has 2 aromatic rings. The van der Waals surface area contributed by atoms with E-state index in [1.807, 2.05) is 36.4 Å². The average Bonchev–Trinajstić information content (AvgIpc) is 2.75. The predicted molar refractivity (Wildman–Crippen MR) is 134 cm³/mol. The van der Waals surface area contributed by atoms with Crippen molar-refractivity contribution >= 4 is 52.8 Å². The van der Waals surface area contributed by atoms with Gasteiger partial charge in [0.15, 0.2) is 0 Å². The Balaban J connectivity index is 0.00000480. The fourth-order valence-electron chi connectivity index (χ4n) is 3.24. The van der Waals surface area contributed by atoms with Crippen molar-refractivity contribution in [3.05, 3.63) is 64.7 Å². The van der Waals surface area contributed by atoms with Gasteiger partial charge in [0.1, 0.15) is 0 Å². The summed E-state index contributed by atoms with van der Waals surface area (Å²) in [4.78, 5) is 10.8. The molecule has 0 heterocycles. The van der Waals surface area contributed by atoms with Crippen molar-refractivity contribution in [2.24, 2.45) is 0 Å². The van der Waals surface area contributed by atoms with E-state index in [0.717, 1.165) is 35.7 Å². The van der Waals surface area contributed by atoms with Crippen LogP contribution in [-0.4, -0.2) is 47.2 Å². The molecule has 162 valence electrons. The number of hydrogen-bond acceptors (Lipinski definition) is 2. The van der Waals surface area contributed by atoms with E-state index in [-0.39, 0.29) is 29.6 Å². The molecular formula is C26H33ClNNaO2. The summed E-state index contributed by atoms with van der Waals surface area (Å²) in [6, 6.07) is 14.6. The number of carboxylic acids is 1. The Labute approximate surface area is 214 Å². The van der Waals surface area contributed by atoms with Crippen LogP contribution in [0.2, 0.25) is 5.02 Å². The molecule has 0 aliphatic heterocycles. The molecule has 2 rings (SSSR count). The van der Waals surface area contributed by atoms with Crippen LogP contribution in [0.5, 0.6) is 0 Å². The Morgan fingerprint density at radius 3 is 1.94 bits per heavy atom. The van der Waals surface area contributed by atoms with Gasteiger partial charge in [-0.1, -0.05) is 68.4 Å². The number of carboxylic acid groups (broad SMARTS) is 1. The van der Waals surface area contributed by atoms with Gasteiger partial charge in [-0.25, -0.2) is 4.79 Å². The van der Waals surface area contributed by atoms with Gasteiger partial charge in [0.25, 0.3) is 0 Å². The second-order valence-corrected chi connectivity index (χ2v) is 7.99. The Morgan fingerprint density at radius 2 is 1.35 bits per heavy atom. The fraction of sp³-hybridized carbons (Fsp3) is 0.423. The van der Waals surface area contributed by atoms with E-state index in [1.165, 1.54) is 51.4 Å². The van der Waals surface area contributed by atoms with Crippen LogP contribution in [0.3, 0.4) is 0 Å². The van der Waals surface area contributed by atoms with Crippen LogP contribution in [-0.2, 0) is 0 Å². The molecule has 0 bridgehead atoms. The summed E-state index contributed by atoms with van der Waals surface area (Å²) < 4.78 is 0. The molecular weight excluding hydrogens is 417 g/mol. The minimum absolute atomic E-state index is 0. The molecule has 31 heavy (non-hydrogen) atoms. The van der Waals surface area contributed by atoms with Gasteiger partial charge in [-0.15, -0.1) is 0 Å². The molecule has 0 aliphatic rings. The minimum atomic E-state index is -0.885. The van der Waals surface area contributed by atoms with Gasteiger partial charge in [0.05, 0.1) is 5.56 Å². The molecule has 0 aliphatic carbocycles. The van der Waals surface area contributed by atoms with Gasteiger partial charge in [-0.2, -0.15) is 0 Å². The molecule has 0 amide bonds. The van der Waals surface area contributed by atoms with Crippen molar-refractivity contribution < 1.29 is 9.90 Å². The van der Waals surface area contributed by atoms with Crippen LogP contribution in [0.25, 0.3) is 0 Å². The van der Waals surface area contributed by atoms with E-state index in [1.54, 1.807) is 12.1 Å². The molecule has 0 atom stereocenters. The summed E-state index contributed by atoms with van der Waals surface area (Å²) in [5, 5.41) is 13.0. The normalized spacial score (nSPS) is 9.97. The van der Waals surface area contributed by atoms with Gasteiger partial charge >= 0.3 is 35.5 Å². The Bertz CT molecular complexity index is 810. The number of benzene rings is 2. The number of halogens is 1. The standard InChI is InChI=1S/C26H32ClNO2.Na.H/c27-24-17-13-22(14-18-24)12-10-8-6-4-2-1-3-5-7-9-11-21-28-25-19-15-23(16-20-25)26(29)30;;/h13-20,28H,1-9,11,21H2,(H,29,30);;. The number of unbranched alkanes of at least 4 members (excludes halogenated alkanes) is 9. The first-order valence-corrected chi connectivity index (χ1v) is 11.3. The summed E-state index contributed by atoms with van der Waals surface area (Å²) in [5.41, 5.74) is 2.34. The predicted octanol–water partition coefficient (Wildman–Crippen LogP) is 6.75. The van der Waals surface area contributed by atoms with Crippen molar-refractivity contribution in [3.63, 3.8) is 0 Å². The van der Waals surface area contributed by atoms with Crippen LogP contribution < -0.4 is 5.32 Å².